The monoisotopic (exact) mass is 411 g/mol. The fourth-order valence-electron chi connectivity index (χ4n) is 4.65. The normalized spacial score (nSPS) is 16.6. The molecule has 1 aliphatic heterocycles. The van der Waals surface area contributed by atoms with Crippen molar-refractivity contribution in [1.82, 2.24) is 4.90 Å². The molecule has 0 atom stereocenters. The zero-order chi connectivity index (χ0) is 21.6. The highest BCUT2D eigenvalue weighted by atomic mass is 16.5. The number of nitrogens with zero attached hydrogens (tertiary/aromatic N) is 1. The Morgan fingerprint density at radius 1 is 1.07 bits per heavy atom. The number of likely N-dealkylation sites (tertiary alicyclic amines) is 1. The first kappa shape index (κ1) is 22.3. The maximum absolute atomic E-state index is 11.0. The Bertz CT molecular complexity index is 826. The van der Waals surface area contributed by atoms with E-state index in [0.717, 1.165) is 37.1 Å². The van der Waals surface area contributed by atoms with Crippen LogP contribution in [-0.4, -0.2) is 53.4 Å². The Balaban J connectivity index is 1.91. The Morgan fingerprint density at radius 2 is 1.77 bits per heavy atom. The van der Waals surface area contributed by atoms with E-state index in [9.17, 15) is 9.90 Å². The van der Waals surface area contributed by atoms with Crippen molar-refractivity contribution in [3.63, 3.8) is 0 Å². The van der Waals surface area contributed by atoms with Crippen molar-refractivity contribution < 1.29 is 19.7 Å². The summed E-state index contributed by atoms with van der Waals surface area (Å²) < 4.78 is 5.55. The van der Waals surface area contributed by atoms with Crippen molar-refractivity contribution in [2.45, 2.75) is 51.0 Å². The predicted octanol–water partition coefficient (Wildman–Crippen LogP) is 4.22. The van der Waals surface area contributed by atoms with E-state index in [0.29, 0.717) is 24.8 Å². The standard InChI is InChI=1S/C25H33NO4/c1-19(2)26-15-13-25(14-16-26,21-8-4-3-5-9-21)24-20(7-6-10-22(24)27)11-17-30-18-12-23(28)29/h3-10,19,27H,11-18H2,1-2H3,(H,28,29). The van der Waals surface area contributed by atoms with Crippen LogP contribution in [0.4, 0.5) is 0 Å². The number of rotatable bonds is 9. The molecule has 5 heteroatoms. The molecule has 0 saturated carbocycles. The quantitative estimate of drug-likeness (QED) is 0.605. The molecule has 0 amide bonds. The zero-order valence-electron chi connectivity index (χ0n) is 18.0. The average molecular weight is 412 g/mol. The van der Waals surface area contributed by atoms with Gasteiger partial charge >= 0.3 is 5.97 Å². The molecular formula is C25H33NO4. The second kappa shape index (κ2) is 10.1. The number of benzene rings is 2. The molecule has 1 fully saturated rings. The fraction of sp³-hybridized carbons (Fsp3) is 0.480. The van der Waals surface area contributed by atoms with Gasteiger partial charge in [-0.2, -0.15) is 0 Å². The largest absolute Gasteiger partial charge is 0.508 e. The van der Waals surface area contributed by atoms with Crippen LogP contribution in [0.5, 0.6) is 5.75 Å². The number of hydrogen-bond acceptors (Lipinski definition) is 4. The van der Waals surface area contributed by atoms with Crippen LogP contribution in [-0.2, 0) is 21.4 Å². The SMILES string of the molecule is CC(C)N1CCC(c2ccccc2)(c2c(O)cccc2CCOCCC(=O)O)CC1. The van der Waals surface area contributed by atoms with Gasteiger partial charge in [-0.15, -0.1) is 0 Å². The summed E-state index contributed by atoms with van der Waals surface area (Å²) in [5, 5.41) is 19.8. The van der Waals surface area contributed by atoms with E-state index in [-0.39, 0.29) is 18.4 Å². The summed E-state index contributed by atoms with van der Waals surface area (Å²) >= 11 is 0. The number of piperidine rings is 1. The van der Waals surface area contributed by atoms with Gasteiger partial charge in [0.1, 0.15) is 5.75 Å². The van der Waals surface area contributed by atoms with Gasteiger partial charge in [-0.25, -0.2) is 0 Å². The fourth-order valence-corrected chi connectivity index (χ4v) is 4.65. The summed E-state index contributed by atoms with van der Waals surface area (Å²) in [6.07, 6.45) is 2.54. The second-order valence-electron chi connectivity index (χ2n) is 8.40. The molecule has 3 rings (SSSR count). The average Bonchev–Trinajstić information content (AvgIpc) is 2.74. The van der Waals surface area contributed by atoms with Crippen molar-refractivity contribution in [1.29, 1.82) is 0 Å². The third kappa shape index (κ3) is 5.02. The lowest BCUT2D eigenvalue weighted by Gasteiger charge is -2.45. The number of aliphatic carboxylic acids is 1. The molecule has 30 heavy (non-hydrogen) atoms. The van der Waals surface area contributed by atoms with E-state index in [2.05, 4.69) is 49.1 Å². The van der Waals surface area contributed by atoms with Crippen LogP contribution in [0, 0.1) is 0 Å². The molecule has 2 aromatic carbocycles. The maximum Gasteiger partial charge on any atom is 0.305 e. The number of ether oxygens (including phenoxy) is 1. The molecule has 2 aromatic rings. The minimum atomic E-state index is -0.854. The van der Waals surface area contributed by atoms with E-state index < -0.39 is 5.97 Å². The number of carbonyl (C=O) groups is 1. The minimum absolute atomic E-state index is 0.00584. The van der Waals surface area contributed by atoms with E-state index in [1.165, 1.54) is 5.56 Å². The van der Waals surface area contributed by atoms with Crippen molar-refractivity contribution in [2.75, 3.05) is 26.3 Å². The van der Waals surface area contributed by atoms with Crippen LogP contribution in [0.1, 0.15) is 49.8 Å². The summed E-state index contributed by atoms with van der Waals surface area (Å²) in [4.78, 5) is 13.2. The van der Waals surface area contributed by atoms with E-state index in [4.69, 9.17) is 9.84 Å². The Labute approximate surface area is 179 Å². The van der Waals surface area contributed by atoms with Gasteiger partial charge in [0.2, 0.25) is 0 Å². The molecule has 0 bridgehead atoms. The maximum atomic E-state index is 11.0. The lowest BCUT2D eigenvalue weighted by Crippen LogP contribution is -2.46. The molecule has 0 aliphatic carbocycles. The number of phenols is 1. The Kier molecular flexibility index (Phi) is 7.51. The van der Waals surface area contributed by atoms with Crippen molar-refractivity contribution >= 4 is 5.97 Å². The molecule has 0 aromatic heterocycles. The third-order valence-corrected chi connectivity index (χ3v) is 6.29. The third-order valence-electron chi connectivity index (χ3n) is 6.29. The number of carboxylic acid groups (broad SMARTS) is 1. The summed E-state index contributed by atoms with van der Waals surface area (Å²) in [6, 6.07) is 16.7. The molecular weight excluding hydrogens is 378 g/mol. The predicted molar refractivity (Wildman–Crippen MR) is 118 cm³/mol. The molecule has 162 valence electrons. The summed E-state index contributed by atoms with van der Waals surface area (Å²) in [5.41, 5.74) is 3.07. The lowest BCUT2D eigenvalue weighted by molar-refractivity contribution is -0.138. The number of hydrogen-bond donors (Lipinski definition) is 2. The number of carboxylic acids is 1. The molecule has 0 radical (unpaired) electrons. The minimum Gasteiger partial charge on any atom is -0.508 e. The van der Waals surface area contributed by atoms with Crippen LogP contribution >= 0.6 is 0 Å². The molecule has 0 unspecified atom stereocenters. The van der Waals surface area contributed by atoms with Crippen LogP contribution in [0.2, 0.25) is 0 Å². The molecule has 2 N–H and O–H groups in total. The van der Waals surface area contributed by atoms with Crippen molar-refractivity contribution in [3.05, 3.63) is 65.2 Å². The highest BCUT2D eigenvalue weighted by Gasteiger charge is 2.41. The molecule has 5 nitrogen and oxygen atoms in total. The van der Waals surface area contributed by atoms with Gasteiger partial charge in [0.05, 0.1) is 19.6 Å². The first-order chi connectivity index (χ1) is 14.4. The van der Waals surface area contributed by atoms with E-state index in [1.54, 1.807) is 6.07 Å². The van der Waals surface area contributed by atoms with Crippen LogP contribution in [0.3, 0.4) is 0 Å². The smallest absolute Gasteiger partial charge is 0.305 e. The van der Waals surface area contributed by atoms with Gasteiger partial charge in [-0.3, -0.25) is 4.79 Å². The summed E-state index contributed by atoms with van der Waals surface area (Å²) in [7, 11) is 0. The summed E-state index contributed by atoms with van der Waals surface area (Å²) in [6.45, 7) is 7.07. The number of aromatic hydroxyl groups is 1. The second-order valence-corrected chi connectivity index (χ2v) is 8.40. The van der Waals surface area contributed by atoms with Crippen LogP contribution in [0.15, 0.2) is 48.5 Å². The first-order valence-corrected chi connectivity index (χ1v) is 10.8. The Hall–Kier alpha value is -2.37. The Morgan fingerprint density at radius 3 is 2.40 bits per heavy atom. The van der Waals surface area contributed by atoms with Gasteiger partial charge in [0.25, 0.3) is 0 Å². The van der Waals surface area contributed by atoms with Gasteiger partial charge in [0.15, 0.2) is 0 Å². The van der Waals surface area contributed by atoms with E-state index >= 15 is 0 Å². The summed E-state index contributed by atoms with van der Waals surface area (Å²) in [5.74, 6) is -0.520. The molecule has 0 spiro atoms. The lowest BCUT2D eigenvalue weighted by atomic mass is 9.66. The van der Waals surface area contributed by atoms with Gasteiger partial charge in [-0.05, 0) is 63.4 Å². The van der Waals surface area contributed by atoms with Crippen molar-refractivity contribution in [3.8, 4) is 5.75 Å². The highest BCUT2D eigenvalue weighted by molar-refractivity contribution is 5.66. The van der Waals surface area contributed by atoms with Gasteiger partial charge in [-0.1, -0.05) is 42.5 Å². The van der Waals surface area contributed by atoms with Crippen LogP contribution in [0.25, 0.3) is 0 Å². The zero-order valence-corrected chi connectivity index (χ0v) is 18.0. The molecule has 1 saturated heterocycles. The van der Waals surface area contributed by atoms with Crippen LogP contribution < -0.4 is 0 Å². The van der Waals surface area contributed by atoms with Gasteiger partial charge < -0.3 is 19.8 Å². The van der Waals surface area contributed by atoms with Gasteiger partial charge in [0, 0.05) is 17.0 Å². The van der Waals surface area contributed by atoms with Crippen molar-refractivity contribution in [2.24, 2.45) is 0 Å². The highest BCUT2D eigenvalue weighted by Crippen LogP contribution is 2.47. The number of phenolic OH excluding ortho intramolecular Hbond substituents is 1. The molecule has 1 heterocycles. The first-order valence-electron chi connectivity index (χ1n) is 10.8. The molecule has 1 aliphatic rings. The van der Waals surface area contributed by atoms with E-state index in [1.807, 2.05) is 12.1 Å². The topological polar surface area (TPSA) is 70.0 Å².